The second-order valence-corrected chi connectivity index (χ2v) is 7.86. The molecule has 0 radical (unpaired) electrons. The number of hydrogen-bond acceptors (Lipinski definition) is 6. The SMILES string of the molecule is COC(=O)c1ccc(OCC(=O)N2CCC(C)Sc3ccccc32)c(OC)c1. The zero-order valence-electron chi connectivity index (χ0n) is 16.1. The van der Waals surface area contributed by atoms with Crippen molar-refractivity contribution in [1.82, 2.24) is 0 Å². The van der Waals surface area contributed by atoms with E-state index in [1.54, 1.807) is 28.8 Å². The second-order valence-electron chi connectivity index (χ2n) is 6.38. The summed E-state index contributed by atoms with van der Waals surface area (Å²) in [6.45, 7) is 2.69. The highest BCUT2D eigenvalue weighted by Crippen LogP contribution is 2.37. The van der Waals surface area contributed by atoms with E-state index in [4.69, 9.17) is 14.2 Å². The summed E-state index contributed by atoms with van der Waals surface area (Å²) in [5.74, 6) is 0.181. The van der Waals surface area contributed by atoms with E-state index in [1.165, 1.54) is 20.3 Å². The molecule has 3 rings (SSSR count). The largest absolute Gasteiger partial charge is 0.493 e. The van der Waals surface area contributed by atoms with Crippen molar-refractivity contribution in [2.24, 2.45) is 0 Å². The molecule has 0 saturated carbocycles. The predicted octanol–water partition coefficient (Wildman–Crippen LogP) is 3.78. The van der Waals surface area contributed by atoms with E-state index in [9.17, 15) is 9.59 Å². The summed E-state index contributed by atoms with van der Waals surface area (Å²) in [4.78, 5) is 27.4. The topological polar surface area (TPSA) is 65.1 Å². The Morgan fingerprint density at radius 3 is 2.68 bits per heavy atom. The van der Waals surface area contributed by atoms with Crippen LogP contribution >= 0.6 is 11.8 Å². The van der Waals surface area contributed by atoms with E-state index in [0.717, 1.165) is 17.0 Å². The number of amides is 1. The minimum atomic E-state index is -0.464. The third-order valence-electron chi connectivity index (χ3n) is 4.48. The number of rotatable bonds is 5. The lowest BCUT2D eigenvalue weighted by molar-refractivity contribution is -0.120. The van der Waals surface area contributed by atoms with E-state index in [0.29, 0.717) is 28.9 Å². The van der Waals surface area contributed by atoms with Crippen LogP contribution in [0.15, 0.2) is 47.4 Å². The molecule has 1 amide bonds. The average molecular weight is 401 g/mol. The van der Waals surface area contributed by atoms with Gasteiger partial charge in [0.05, 0.1) is 25.5 Å². The number of benzene rings is 2. The lowest BCUT2D eigenvalue weighted by atomic mass is 10.2. The second kappa shape index (κ2) is 9.01. The fraction of sp³-hybridized carbons (Fsp3) is 0.333. The molecular weight excluding hydrogens is 378 g/mol. The van der Waals surface area contributed by atoms with E-state index < -0.39 is 5.97 Å². The highest BCUT2D eigenvalue weighted by atomic mass is 32.2. The number of para-hydroxylation sites is 1. The van der Waals surface area contributed by atoms with Gasteiger partial charge in [-0.25, -0.2) is 4.79 Å². The van der Waals surface area contributed by atoms with Crippen LogP contribution in [0.5, 0.6) is 11.5 Å². The molecule has 0 aromatic heterocycles. The van der Waals surface area contributed by atoms with Gasteiger partial charge in [-0.15, -0.1) is 11.8 Å². The fourth-order valence-electron chi connectivity index (χ4n) is 2.99. The summed E-state index contributed by atoms with van der Waals surface area (Å²) >= 11 is 1.78. The van der Waals surface area contributed by atoms with Crippen molar-refractivity contribution in [1.29, 1.82) is 0 Å². The number of nitrogens with zero attached hydrogens (tertiary/aromatic N) is 1. The first-order chi connectivity index (χ1) is 13.5. The quantitative estimate of drug-likeness (QED) is 0.711. The standard InChI is InChI=1S/C21H23NO5S/c1-14-10-11-22(16-6-4-5-7-19(16)28-14)20(23)13-27-17-9-8-15(21(24)26-3)12-18(17)25-2/h4-9,12,14H,10-11,13H2,1-3H3. The van der Waals surface area contributed by atoms with E-state index in [2.05, 4.69) is 6.92 Å². The Morgan fingerprint density at radius 2 is 1.93 bits per heavy atom. The maximum atomic E-state index is 12.9. The van der Waals surface area contributed by atoms with E-state index in [-0.39, 0.29) is 12.5 Å². The van der Waals surface area contributed by atoms with Crippen molar-refractivity contribution in [3.05, 3.63) is 48.0 Å². The van der Waals surface area contributed by atoms with Crippen LogP contribution in [-0.4, -0.2) is 44.5 Å². The Kier molecular flexibility index (Phi) is 6.46. The van der Waals surface area contributed by atoms with Gasteiger partial charge in [-0.3, -0.25) is 4.79 Å². The number of anilines is 1. The lowest BCUT2D eigenvalue weighted by Gasteiger charge is -2.23. The number of carbonyl (C=O) groups excluding carboxylic acids is 2. The minimum absolute atomic E-state index is 0.124. The molecule has 0 N–H and O–H groups in total. The van der Waals surface area contributed by atoms with Crippen molar-refractivity contribution in [3.63, 3.8) is 0 Å². The van der Waals surface area contributed by atoms with Crippen LogP contribution in [0.4, 0.5) is 5.69 Å². The molecule has 1 aliphatic rings. The number of hydrogen-bond donors (Lipinski definition) is 0. The maximum absolute atomic E-state index is 12.9. The van der Waals surface area contributed by atoms with E-state index in [1.807, 2.05) is 24.3 Å². The maximum Gasteiger partial charge on any atom is 0.337 e. The zero-order valence-corrected chi connectivity index (χ0v) is 17.0. The number of methoxy groups -OCH3 is 2. The lowest BCUT2D eigenvalue weighted by Crippen LogP contribution is -2.36. The van der Waals surface area contributed by atoms with Gasteiger partial charge in [0.2, 0.25) is 0 Å². The van der Waals surface area contributed by atoms with Crippen molar-refractivity contribution >= 4 is 29.3 Å². The fourth-order valence-corrected chi connectivity index (χ4v) is 4.11. The Bertz CT molecular complexity index is 870. The van der Waals surface area contributed by atoms with Gasteiger partial charge >= 0.3 is 5.97 Å². The molecule has 1 heterocycles. The van der Waals surface area contributed by atoms with E-state index >= 15 is 0 Å². The molecule has 0 fully saturated rings. The van der Waals surface area contributed by atoms with Crippen LogP contribution in [0.25, 0.3) is 0 Å². The molecule has 1 atom stereocenters. The molecule has 2 aromatic rings. The molecule has 0 saturated heterocycles. The number of fused-ring (bicyclic) bond motifs is 1. The van der Waals surface area contributed by atoms with Gasteiger partial charge in [-0.05, 0) is 36.8 Å². The molecule has 1 aliphatic heterocycles. The van der Waals surface area contributed by atoms with Crippen LogP contribution in [-0.2, 0) is 9.53 Å². The third kappa shape index (κ3) is 4.42. The molecule has 0 aliphatic carbocycles. The summed E-state index contributed by atoms with van der Waals surface area (Å²) in [5, 5.41) is 0.436. The molecule has 2 aromatic carbocycles. The Balaban J connectivity index is 1.75. The van der Waals surface area contributed by atoms with Gasteiger partial charge in [0.1, 0.15) is 0 Å². The minimum Gasteiger partial charge on any atom is -0.493 e. The molecule has 148 valence electrons. The van der Waals surface area contributed by atoms with Crippen LogP contribution in [0, 0.1) is 0 Å². The molecule has 6 nitrogen and oxygen atoms in total. The van der Waals surface area contributed by atoms with Gasteiger partial charge in [-0.1, -0.05) is 19.1 Å². The molecule has 7 heteroatoms. The van der Waals surface area contributed by atoms with Crippen LogP contribution < -0.4 is 14.4 Å². The van der Waals surface area contributed by atoms with Crippen LogP contribution in [0.2, 0.25) is 0 Å². The highest BCUT2D eigenvalue weighted by Gasteiger charge is 2.24. The predicted molar refractivity (Wildman–Crippen MR) is 109 cm³/mol. The van der Waals surface area contributed by atoms with Crippen molar-refractivity contribution in [2.45, 2.75) is 23.5 Å². The molecule has 0 spiro atoms. The smallest absolute Gasteiger partial charge is 0.337 e. The van der Waals surface area contributed by atoms with Crippen LogP contribution in [0.3, 0.4) is 0 Å². The van der Waals surface area contributed by atoms with Gasteiger partial charge in [0.15, 0.2) is 18.1 Å². The third-order valence-corrected chi connectivity index (χ3v) is 5.72. The van der Waals surface area contributed by atoms with Crippen molar-refractivity contribution in [2.75, 3.05) is 32.3 Å². The first-order valence-electron chi connectivity index (χ1n) is 8.98. The summed E-state index contributed by atoms with van der Waals surface area (Å²) < 4.78 is 15.7. The Labute approximate surface area is 168 Å². The highest BCUT2D eigenvalue weighted by molar-refractivity contribution is 8.00. The average Bonchev–Trinajstić information content (AvgIpc) is 2.89. The first-order valence-corrected chi connectivity index (χ1v) is 9.86. The zero-order chi connectivity index (χ0) is 20.1. The number of esters is 1. The summed E-state index contributed by atoms with van der Waals surface area (Å²) in [6, 6.07) is 12.6. The van der Waals surface area contributed by atoms with Gasteiger partial charge in [0.25, 0.3) is 5.91 Å². The summed E-state index contributed by atoms with van der Waals surface area (Å²) in [6.07, 6.45) is 0.905. The van der Waals surface area contributed by atoms with Gasteiger partial charge in [-0.2, -0.15) is 0 Å². The Hall–Kier alpha value is -2.67. The van der Waals surface area contributed by atoms with Gasteiger partial charge in [0, 0.05) is 16.7 Å². The molecule has 0 bridgehead atoms. The number of thioether (sulfide) groups is 1. The molecule has 1 unspecified atom stereocenters. The number of carbonyl (C=O) groups is 2. The normalized spacial score (nSPS) is 16.0. The Morgan fingerprint density at radius 1 is 1.14 bits per heavy atom. The number of ether oxygens (including phenoxy) is 3. The monoisotopic (exact) mass is 401 g/mol. The van der Waals surface area contributed by atoms with Crippen LogP contribution in [0.1, 0.15) is 23.7 Å². The molecule has 28 heavy (non-hydrogen) atoms. The summed E-state index contributed by atoms with van der Waals surface area (Å²) in [7, 11) is 2.80. The van der Waals surface area contributed by atoms with Crippen molar-refractivity contribution in [3.8, 4) is 11.5 Å². The van der Waals surface area contributed by atoms with Gasteiger partial charge < -0.3 is 19.1 Å². The molecular formula is C21H23NO5S. The van der Waals surface area contributed by atoms with Crippen molar-refractivity contribution < 1.29 is 23.8 Å². The first kappa shape index (κ1) is 20.1. The summed E-state index contributed by atoms with van der Waals surface area (Å²) in [5.41, 5.74) is 1.27.